The first kappa shape index (κ1) is 14.0. The van der Waals surface area contributed by atoms with E-state index in [4.69, 9.17) is 11.5 Å². The van der Waals surface area contributed by atoms with Crippen molar-refractivity contribution in [2.75, 3.05) is 48.7 Å². The maximum Gasteiger partial charge on any atom is 0.250 e. The van der Waals surface area contributed by atoms with Gasteiger partial charge in [0.05, 0.1) is 5.56 Å². The Hall–Kier alpha value is -1.40. The second kappa shape index (κ2) is 6.68. The Kier molecular flexibility index (Phi) is 4.93. The van der Waals surface area contributed by atoms with Gasteiger partial charge in [0.25, 0.3) is 5.91 Å². The minimum atomic E-state index is -0.433. The van der Waals surface area contributed by atoms with Crippen LogP contribution >= 0.6 is 11.8 Å². The van der Waals surface area contributed by atoms with Gasteiger partial charge in [-0.1, -0.05) is 0 Å². The molecular formula is C13H20N4OS. The molecule has 1 aliphatic heterocycles. The summed E-state index contributed by atoms with van der Waals surface area (Å²) in [6.07, 6.45) is 0. The van der Waals surface area contributed by atoms with Gasteiger partial charge in [0.1, 0.15) is 0 Å². The van der Waals surface area contributed by atoms with Gasteiger partial charge < -0.3 is 16.8 Å². The van der Waals surface area contributed by atoms with E-state index in [9.17, 15) is 4.79 Å². The van der Waals surface area contributed by atoms with E-state index in [1.54, 1.807) is 18.2 Å². The Morgan fingerprint density at radius 2 is 2.11 bits per heavy atom. The van der Waals surface area contributed by atoms with Crippen LogP contribution in [0.1, 0.15) is 10.4 Å². The highest BCUT2D eigenvalue weighted by Gasteiger charge is 2.11. The van der Waals surface area contributed by atoms with Crippen molar-refractivity contribution in [1.82, 2.24) is 4.90 Å². The summed E-state index contributed by atoms with van der Waals surface area (Å²) in [7, 11) is 0. The quantitative estimate of drug-likeness (QED) is 0.696. The van der Waals surface area contributed by atoms with Crippen molar-refractivity contribution in [3.63, 3.8) is 0 Å². The van der Waals surface area contributed by atoms with Crippen LogP contribution < -0.4 is 16.8 Å². The number of primary amides is 1. The molecule has 1 saturated heterocycles. The lowest BCUT2D eigenvalue weighted by atomic mass is 10.1. The number of anilines is 2. The lowest BCUT2D eigenvalue weighted by Gasteiger charge is -2.26. The highest BCUT2D eigenvalue weighted by molar-refractivity contribution is 7.99. The number of thioether (sulfide) groups is 1. The molecule has 5 N–H and O–H groups in total. The molecular weight excluding hydrogens is 260 g/mol. The second-order valence-electron chi connectivity index (χ2n) is 4.55. The number of hydrogen-bond acceptors (Lipinski definition) is 5. The fourth-order valence-electron chi connectivity index (χ4n) is 2.10. The number of nitrogens with two attached hydrogens (primary N) is 2. The third-order valence-electron chi connectivity index (χ3n) is 3.16. The number of hydrogen-bond donors (Lipinski definition) is 3. The fraction of sp³-hybridized carbons (Fsp3) is 0.462. The number of benzene rings is 1. The Morgan fingerprint density at radius 3 is 2.79 bits per heavy atom. The molecule has 1 aromatic carbocycles. The van der Waals surface area contributed by atoms with Crippen LogP contribution in [0.3, 0.4) is 0 Å². The molecule has 0 aromatic heterocycles. The summed E-state index contributed by atoms with van der Waals surface area (Å²) in [5.74, 6) is 1.97. The van der Waals surface area contributed by atoms with Crippen molar-refractivity contribution in [1.29, 1.82) is 0 Å². The minimum absolute atomic E-state index is 0.433. The summed E-state index contributed by atoms with van der Waals surface area (Å²) in [6, 6.07) is 5.11. The average molecular weight is 280 g/mol. The molecule has 0 unspecified atom stereocenters. The zero-order valence-electron chi connectivity index (χ0n) is 10.9. The molecule has 19 heavy (non-hydrogen) atoms. The van der Waals surface area contributed by atoms with Crippen molar-refractivity contribution >= 4 is 29.0 Å². The number of carbonyl (C=O) groups is 1. The molecule has 2 rings (SSSR count). The molecule has 6 heteroatoms. The molecule has 0 radical (unpaired) electrons. The van der Waals surface area contributed by atoms with Crippen LogP contribution in [0.15, 0.2) is 18.2 Å². The monoisotopic (exact) mass is 280 g/mol. The van der Waals surface area contributed by atoms with Crippen LogP contribution in [-0.2, 0) is 0 Å². The molecule has 0 aliphatic carbocycles. The van der Waals surface area contributed by atoms with Gasteiger partial charge in [-0.3, -0.25) is 9.69 Å². The molecule has 0 bridgehead atoms. The molecule has 1 aliphatic rings. The lowest BCUT2D eigenvalue weighted by Crippen LogP contribution is -2.36. The maximum absolute atomic E-state index is 11.3. The van der Waals surface area contributed by atoms with E-state index in [-0.39, 0.29) is 0 Å². The van der Waals surface area contributed by atoms with E-state index >= 15 is 0 Å². The molecule has 1 aromatic rings. The molecule has 1 fully saturated rings. The highest BCUT2D eigenvalue weighted by atomic mass is 32.2. The number of nitrogens with one attached hydrogen (secondary N) is 1. The van der Waals surface area contributed by atoms with Gasteiger partial charge in [-0.25, -0.2) is 0 Å². The van der Waals surface area contributed by atoms with Crippen molar-refractivity contribution in [2.45, 2.75) is 0 Å². The Morgan fingerprint density at radius 1 is 1.37 bits per heavy atom. The smallest absolute Gasteiger partial charge is 0.250 e. The van der Waals surface area contributed by atoms with Gasteiger partial charge >= 0.3 is 0 Å². The molecule has 1 amide bonds. The minimum Gasteiger partial charge on any atom is -0.399 e. The zero-order chi connectivity index (χ0) is 13.7. The van der Waals surface area contributed by atoms with Gasteiger partial charge in [0, 0.05) is 49.1 Å². The van der Waals surface area contributed by atoms with Gasteiger partial charge in [0.2, 0.25) is 0 Å². The summed E-state index contributed by atoms with van der Waals surface area (Å²) >= 11 is 2.00. The number of nitrogen functional groups attached to an aromatic ring is 1. The summed E-state index contributed by atoms with van der Waals surface area (Å²) in [5, 5.41) is 3.25. The maximum atomic E-state index is 11.3. The van der Waals surface area contributed by atoms with E-state index < -0.39 is 5.91 Å². The van der Waals surface area contributed by atoms with Gasteiger partial charge in [-0.05, 0) is 18.2 Å². The summed E-state index contributed by atoms with van der Waals surface area (Å²) in [4.78, 5) is 13.7. The fourth-order valence-corrected chi connectivity index (χ4v) is 3.08. The highest BCUT2D eigenvalue weighted by Crippen LogP contribution is 2.18. The Labute approximate surface area is 117 Å². The SMILES string of the molecule is NC(=O)c1ccc(N)cc1NCCN1CCSCC1. The van der Waals surface area contributed by atoms with Crippen LogP contribution in [0.5, 0.6) is 0 Å². The number of rotatable bonds is 5. The first-order valence-electron chi connectivity index (χ1n) is 6.40. The van der Waals surface area contributed by atoms with Crippen molar-refractivity contribution in [2.24, 2.45) is 5.73 Å². The number of carbonyl (C=O) groups excluding carboxylic acids is 1. The third-order valence-corrected chi connectivity index (χ3v) is 4.10. The van der Waals surface area contributed by atoms with E-state index in [0.29, 0.717) is 11.3 Å². The van der Waals surface area contributed by atoms with E-state index in [1.807, 2.05) is 11.8 Å². The van der Waals surface area contributed by atoms with E-state index in [1.165, 1.54) is 11.5 Å². The zero-order valence-corrected chi connectivity index (χ0v) is 11.7. The van der Waals surface area contributed by atoms with Crippen LogP contribution in [0.25, 0.3) is 0 Å². The van der Waals surface area contributed by atoms with Crippen molar-refractivity contribution in [3.8, 4) is 0 Å². The first-order valence-corrected chi connectivity index (χ1v) is 7.55. The van der Waals surface area contributed by atoms with Crippen LogP contribution in [0, 0.1) is 0 Å². The van der Waals surface area contributed by atoms with Crippen LogP contribution in [-0.4, -0.2) is 48.5 Å². The molecule has 0 spiro atoms. The van der Waals surface area contributed by atoms with Gasteiger partial charge in [-0.15, -0.1) is 0 Å². The van der Waals surface area contributed by atoms with E-state index in [0.717, 1.165) is 31.9 Å². The van der Waals surface area contributed by atoms with Crippen LogP contribution in [0.4, 0.5) is 11.4 Å². The lowest BCUT2D eigenvalue weighted by molar-refractivity contribution is 0.100. The largest absolute Gasteiger partial charge is 0.399 e. The summed E-state index contributed by atoms with van der Waals surface area (Å²) in [5.41, 5.74) is 12.9. The molecule has 5 nitrogen and oxygen atoms in total. The standard InChI is InChI=1S/C13H20N4OS/c14-10-1-2-11(13(15)18)12(9-10)16-3-4-17-5-7-19-8-6-17/h1-2,9,16H,3-8,14H2,(H2,15,18). The predicted octanol–water partition coefficient (Wildman–Crippen LogP) is 0.828. The molecule has 104 valence electrons. The summed E-state index contributed by atoms with van der Waals surface area (Å²) < 4.78 is 0. The average Bonchev–Trinajstić information content (AvgIpc) is 2.39. The number of nitrogens with zero attached hydrogens (tertiary/aromatic N) is 1. The molecule has 1 heterocycles. The number of amides is 1. The molecule has 0 atom stereocenters. The predicted molar refractivity (Wildman–Crippen MR) is 81.6 cm³/mol. The Balaban J connectivity index is 1.91. The normalized spacial score (nSPS) is 16.2. The van der Waals surface area contributed by atoms with Gasteiger partial charge in [0.15, 0.2) is 0 Å². The Bertz CT molecular complexity index is 446. The topological polar surface area (TPSA) is 84.4 Å². The first-order chi connectivity index (χ1) is 9.16. The third kappa shape index (κ3) is 4.04. The summed E-state index contributed by atoms with van der Waals surface area (Å²) in [6.45, 7) is 4.01. The van der Waals surface area contributed by atoms with Crippen molar-refractivity contribution < 1.29 is 4.79 Å². The van der Waals surface area contributed by atoms with Gasteiger partial charge in [-0.2, -0.15) is 11.8 Å². The molecule has 0 saturated carbocycles. The van der Waals surface area contributed by atoms with Crippen molar-refractivity contribution in [3.05, 3.63) is 23.8 Å². The van der Waals surface area contributed by atoms with E-state index in [2.05, 4.69) is 10.2 Å². The second-order valence-corrected chi connectivity index (χ2v) is 5.77. The van der Waals surface area contributed by atoms with Crippen LogP contribution in [0.2, 0.25) is 0 Å².